The molecule has 0 aliphatic heterocycles. The fraction of sp³-hybridized carbons (Fsp3) is 0.160. The average Bonchev–Trinajstić information content (AvgIpc) is 2.80. The molecule has 0 saturated carbocycles. The van der Waals surface area contributed by atoms with Crippen LogP contribution in [-0.2, 0) is 0 Å². The number of hydrogen-bond donors (Lipinski definition) is 0. The number of benzene rings is 3. The second-order valence-corrected chi connectivity index (χ2v) is 7.76. The Morgan fingerprint density at radius 1 is 1.09 bits per heavy atom. The van der Waals surface area contributed by atoms with Crippen LogP contribution in [0.2, 0.25) is 5.02 Å². The quantitative estimate of drug-likeness (QED) is 0.410. The maximum atomic E-state index is 13.7. The highest BCUT2D eigenvalue weighted by atomic mass is 35.5. The molecule has 0 bridgehead atoms. The van der Waals surface area contributed by atoms with E-state index in [2.05, 4.69) is 0 Å². The van der Waals surface area contributed by atoms with E-state index in [0.29, 0.717) is 34.0 Å². The Balaban J connectivity index is 1.92. The van der Waals surface area contributed by atoms with E-state index in [1.165, 1.54) is 22.8 Å². The normalized spacial score (nSPS) is 12.0. The molecule has 0 saturated heterocycles. The zero-order chi connectivity index (χ0) is 22.8. The van der Waals surface area contributed by atoms with Crippen LogP contribution >= 0.6 is 11.6 Å². The van der Waals surface area contributed by atoms with Gasteiger partial charge >= 0.3 is 0 Å². The van der Waals surface area contributed by atoms with Crippen molar-refractivity contribution in [2.45, 2.75) is 19.9 Å². The Kier molecular flexibility index (Phi) is 6.06. The Morgan fingerprint density at radius 3 is 2.53 bits per heavy atom. The number of halogens is 2. The summed E-state index contributed by atoms with van der Waals surface area (Å²) >= 11 is 6.44. The molecule has 0 spiro atoms. The number of carbonyl (C=O) groups is 1. The van der Waals surface area contributed by atoms with Gasteiger partial charge in [-0.25, -0.2) is 9.37 Å². The first-order chi connectivity index (χ1) is 15.4. The number of nitrogens with zero attached hydrogens (tertiary/aromatic N) is 3. The minimum atomic E-state index is -0.593. The van der Waals surface area contributed by atoms with Gasteiger partial charge < -0.3 is 4.90 Å². The SMILES string of the molecule is CCN(C(=O)c1cccc(F)c1)C(C)c1nc2ccccc2c(=O)n1-c1ccccc1Cl. The van der Waals surface area contributed by atoms with Gasteiger partial charge in [0.25, 0.3) is 11.5 Å². The summed E-state index contributed by atoms with van der Waals surface area (Å²) in [6.07, 6.45) is 0. The van der Waals surface area contributed by atoms with Crippen LogP contribution in [0.3, 0.4) is 0 Å². The van der Waals surface area contributed by atoms with Crippen molar-refractivity contribution < 1.29 is 9.18 Å². The van der Waals surface area contributed by atoms with E-state index in [1.54, 1.807) is 66.4 Å². The predicted octanol–water partition coefficient (Wildman–Crippen LogP) is 5.40. The maximum Gasteiger partial charge on any atom is 0.266 e. The first kappa shape index (κ1) is 21.7. The minimum absolute atomic E-state index is 0.228. The van der Waals surface area contributed by atoms with Crippen molar-refractivity contribution in [2.75, 3.05) is 6.54 Å². The van der Waals surface area contributed by atoms with E-state index >= 15 is 0 Å². The third kappa shape index (κ3) is 3.89. The highest BCUT2D eigenvalue weighted by Crippen LogP contribution is 2.27. The summed E-state index contributed by atoms with van der Waals surface area (Å²) in [6.45, 7) is 3.96. The van der Waals surface area contributed by atoms with Crippen LogP contribution in [-0.4, -0.2) is 26.9 Å². The maximum absolute atomic E-state index is 13.7. The number of aromatic nitrogens is 2. The lowest BCUT2D eigenvalue weighted by molar-refractivity contribution is 0.0692. The summed E-state index contributed by atoms with van der Waals surface area (Å²) < 4.78 is 15.2. The van der Waals surface area contributed by atoms with Crippen molar-refractivity contribution in [3.8, 4) is 5.69 Å². The van der Waals surface area contributed by atoms with Crippen LogP contribution in [0.1, 0.15) is 36.1 Å². The third-order valence-electron chi connectivity index (χ3n) is 5.41. The van der Waals surface area contributed by atoms with E-state index in [9.17, 15) is 14.0 Å². The van der Waals surface area contributed by atoms with Gasteiger partial charge in [0, 0.05) is 12.1 Å². The number of fused-ring (bicyclic) bond motifs is 1. The summed E-state index contributed by atoms with van der Waals surface area (Å²) in [7, 11) is 0. The van der Waals surface area contributed by atoms with Gasteiger partial charge in [-0.15, -0.1) is 0 Å². The van der Waals surface area contributed by atoms with Gasteiger partial charge in [0.2, 0.25) is 0 Å². The molecule has 1 atom stereocenters. The summed E-state index contributed by atoms with van der Waals surface area (Å²) in [5, 5.41) is 0.836. The topological polar surface area (TPSA) is 55.2 Å². The summed E-state index contributed by atoms with van der Waals surface area (Å²) in [5.74, 6) is -0.475. The fourth-order valence-corrected chi connectivity index (χ4v) is 4.04. The summed E-state index contributed by atoms with van der Waals surface area (Å²) in [5.41, 5.74) is 0.955. The lowest BCUT2D eigenvalue weighted by atomic mass is 10.1. The molecule has 0 radical (unpaired) electrons. The number of para-hydroxylation sites is 2. The number of hydrogen-bond acceptors (Lipinski definition) is 3. The third-order valence-corrected chi connectivity index (χ3v) is 5.73. The first-order valence-electron chi connectivity index (χ1n) is 10.3. The Bertz CT molecular complexity index is 1370. The van der Waals surface area contributed by atoms with Gasteiger partial charge in [-0.2, -0.15) is 0 Å². The lowest BCUT2D eigenvalue weighted by Crippen LogP contribution is -2.37. The molecule has 1 heterocycles. The molecule has 1 aromatic heterocycles. The monoisotopic (exact) mass is 449 g/mol. The van der Waals surface area contributed by atoms with Crippen LogP contribution in [0.15, 0.2) is 77.6 Å². The number of rotatable bonds is 5. The molecule has 5 nitrogen and oxygen atoms in total. The Hall–Kier alpha value is -3.51. The average molecular weight is 450 g/mol. The Morgan fingerprint density at radius 2 is 1.81 bits per heavy atom. The molecule has 1 amide bonds. The molecule has 4 rings (SSSR count). The van der Waals surface area contributed by atoms with E-state index in [1.807, 2.05) is 6.92 Å². The zero-order valence-corrected chi connectivity index (χ0v) is 18.4. The lowest BCUT2D eigenvalue weighted by Gasteiger charge is -2.29. The molecule has 0 aliphatic rings. The van der Waals surface area contributed by atoms with Crippen LogP contribution in [0.25, 0.3) is 16.6 Å². The van der Waals surface area contributed by atoms with Crippen LogP contribution in [0.4, 0.5) is 4.39 Å². The summed E-state index contributed by atoms with van der Waals surface area (Å²) in [4.78, 5) is 33.0. The largest absolute Gasteiger partial charge is 0.329 e. The fourth-order valence-electron chi connectivity index (χ4n) is 3.82. The zero-order valence-electron chi connectivity index (χ0n) is 17.6. The van der Waals surface area contributed by atoms with E-state index in [0.717, 1.165) is 0 Å². The molecule has 4 aromatic rings. The highest BCUT2D eigenvalue weighted by Gasteiger charge is 2.27. The first-order valence-corrected chi connectivity index (χ1v) is 10.6. The van der Waals surface area contributed by atoms with Crippen LogP contribution in [0, 0.1) is 5.82 Å². The molecular weight excluding hydrogens is 429 g/mol. The van der Waals surface area contributed by atoms with Crippen molar-refractivity contribution in [1.29, 1.82) is 0 Å². The molecule has 32 heavy (non-hydrogen) atoms. The van der Waals surface area contributed by atoms with Gasteiger partial charge in [-0.05, 0) is 56.3 Å². The van der Waals surface area contributed by atoms with Crippen LogP contribution in [0.5, 0.6) is 0 Å². The Labute approximate surface area is 189 Å². The smallest absolute Gasteiger partial charge is 0.266 e. The van der Waals surface area contributed by atoms with E-state index in [-0.39, 0.29) is 17.0 Å². The van der Waals surface area contributed by atoms with Crippen LogP contribution < -0.4 is 5.56 Å². The van der Waals surface area contributed by atoms with Gasteiger partial charge in [0.1, 0.15) is 11.6 Å². The molecule has 0 N–H and O–H groups in total. The highest BCUT2D eigenvalue weighted by molar-refractivity contribution is 6.32. The molecule has 1 unspecified atom stereocenters. The predicted molar refractivity (Wildman–Crippen MR) is 124 cm³/mol. The summed E-state index contributed by atoms with van der Waals surface area (Å²) in [6, 6.07) is 19.0. The van der Waals surface area contributed by atoms with Gasteiger partial charge in [0.15, 0.2) is 0 Å². The van der Waals surface area contributed by atoms with E-state index in [4.69, 9.17) is 16.6 Å². The van der Waals surface area contributed by atoms with Crippen molar-refractivity contribution in [3.05, 3.63) is 105 Å². The number of amides is 1. The molecule has 0 aliphatic carbocycles. The van der Waals surface area contributed by atoms with Gasteiger partial charge in [-0.1, -0.05) is 41.9 Å². The van der Waals surface area contributed by atoms with Crippen molar-refractivity contribution in [1.82, 2.24) is 14.5 Å². The van der Waals surface area contributed by atoms with Gasteiger partial charge in [0.05, 0.1) is 27.7 Å². The molecular formula is C25H21ClFN3O2. The number of carbonyl (C=O) groups excluding carboxylic acids is 1. The molecule has 3 aromatic carbocycles. The minimum Gasteiger partial charge on any atom is -0.329 e. The van der Waals surface area contributed by atoms with Crippen molar-refractivity contribution >= 4 is 28.4 Å². The van der Waals surface area contributed by atoms with E-state index < -0.39 is 11.9 Å². The standard InChI is InChI=1S/C25H21ClFN3O2/c1-3-29(24(31)17-9-8-10-18(27)15-17)16(2)23-28-21-13-6-4-11-19(21)25(32)30(23)22-14-7-5-12-20(22)26/h4-16H,3H2,1-2H3. The molecule has 162 valence electrons. The molecule has 0 fully saturated rings. The molecule has 7 heteroatoms. The second-order valence-electron chi connectivity index (χ2n) is 7.36. The van der Waals surface area contributed by atoms with Crippen molar-refractivity contribution in [3.63, 3.8) is 0 Å². The second kappa shape index (κ2) is 8.93. The van der Waals surface area contributed by atoms with Gasteiger partial charge in [-0.3, -0.25) is 14.2 Å². The van der Waals surface area contributed by atoms with Crippen molar-refractivity contribution in [2.24, 2.45) is 0 Å².